The van der Waals surface area contributed by atoms with Crippen LogP contribution in [-0.4, -0.2) is 43.3 Å². The van der Waals surface area contributed by atoms with E-state index in [2.05, 4.69) is 18.7 Å². The molecule has 0 aromatic carbocycles. The minimum atomic E-state index is 0.224. The van der Waals surface area contributed by atoms with Gasteiger partial charge in [0.15, 0.2) is 0 Å². The van der Waals surface area contributed by atoms with Crippen molar-refractivity contribution in [1.82, 2.24) is 4.90 Å². The number of rotatable bonds is 4. The number of likely N-dealkylation sites (N-methyl/N-ethyl adjacent to an activating group) is 1. The maximum Gasteiger partial charge on any atom is 0.0484 e. The molecule has 1 saturated heterocycles. The number of nitrogens with zero attached hydrogens (tertiary/aromatic N) is 1. The Balaban J connectivity index is 2.64. The van der Waals surface area contributed by atoms with Gasteiger partial charge in [0.2, 0.25) is 0 Å². The summed E-state index contributed by atoms with van der Waals surface area (Å²) in [6.07, 6.45) is 2.18. The Morgan fingerprint density at radius 2 is 1.77 bits per heavy atom. The summed E-state index contributed by atoms with van der Waals surface area (Å²) in [5, 5.41) is 0. The molecule has 13 heavy (non-hydrogen) atoms. The van der Waals surface area contributed by atoms with Gasteiger partial charge in [0, 0.05) is 25.3 Å². The lowest BCUT2D eigenvalue weighted by molar-refractivity contribution is -0.0199. The molecule has 0 aromatic rings. The third-order valence-corrected chi connectivity index (χ3v) is 3.24. The Morgan fingerprint density at radius 3 is 2.15 bits per heavy atom. The highest BCUT2D eigenvalue weighted by Gasteiger charge is 2.35. The molecule has 1 fully saturated rings. The molecule has 0 aliphatic carbocycles. The van der Waals surface area contributed by atoms with Crippen LogP contribution in [0.3, 0.4) is 0 Å². The summed E-state index contributed by atoms with van der Waals surface area (Å²) in [5.41, 5.74) is 6.12. The fraction of sp³-hybridized carbons (Fsp3) is 1.00. The van der Waals surface area contributed by atoms with Crippen molar-refractivity contribution < 1.29 is 4.74 Å². The van der Waals surface area contributed by atoms with E-state index in [0.717, 1.165) is 45.7 Å². The molecule has 2 N–H and O–H groups in total. The Kier molecular flexibility index (Phi) is 4.16. The molecule has 0 unspecified atom stereocenters. The van der Waals surface area contributed by atoms with Gasteiger partial charge in [0.1, 0.15) is 0 Å². The quantitative estimate of drug-likeness (QED) is 0.707. The summed E-state index contributed by atoms with van der Waals surface area (Å²) in [6, 6.07) is 0. The molecular formula is C10H22N2O. The van der Waals surface area contributed by atoms with Gasteiger partial charge in [-0.1, -0.05) is 13.8 Å². The van der Waals surface area contributed by atoms with Crippen molar-refractivity contribution >= 4 is 0 Å². The van der Waals surface area contributed by atoms with Crippen LogP contribution in [0.15, 0.2) is 0 Å². The lowest BCUT2D eigenvalue weighted by Crippen LogP contribution is -2.56. The van der Waals surface area contributed by atoms with E-state index in [-0.39, 0.29) is 5.54 Å². The summed E-state index contributed by atoms with van der Waals surface area (Å²) < 4.78 is 5.38. The monoisotopic (exact) mass is 186 g/mol. The van der Waals surface area contributed by atoms with Gasteiger partial charge in [-0.05, 0) is 25.9 Å². The second-order valence-electron chi connectivity index (χ2n) is 3.71. The second-order valence-corrected chi connectivity index (χ2v) is 3.71. The standard InChI is InChI=1S/C10H22N2O/c1-3-12(4-2)10(9-11)5-7-13-8-6-10/h3-9,11H2,1-2H3. The van der Waals surface area contributed by atoms with Gasteiger partial charge in [-0.15, -0.1) is 0 Å². The number of hydrogen-bond acceptors (Lipinski definition) is 3. The van der Waals surface area contributed by atoms with E-state index < -0.39 is 0 Å². The van der Waals surface area contributed by atoms with Crippen molar-refractivity contribution in [3.05, 3.63) is 0 Å². The largest absolute Gasteiger partial charge is 0.381 e. The van der Waals surface area contributed by atoms with E-state index in [0.29, 0.717) is 0 Å². The summed E-state index contributed by atoms with van der Waals surface area (Å²) in [4.78, 5) is 2.48. The van der Waals surface area contributed by atoms with Gasteiger partial charge in [-0.2, -0.15) is 0 Å². The Hall–Kier alpha value is -0.120. The first-order valence-corrected chi connectivity index (χ1v) is 5.32. The predicted molar refractivity (Wildman–Crippen MR) is 54.8 cm³/mol. The number of hydrogen-bond donors (Lipinski definition) is 1. The highest BCUT2D eigenvalue weighted by Crippen LogP contribution is 2.26. The molecule has 1 aliphatic rings. The highest BCUT2D eigenvalue weighted by atomic mass is 16.5. The van der Waals surface area contributed by atoms with Gasteiger partial charge >= 0.3 is 0 Å². The van der Waals surface area contributed by atoms with Gasteiger partial charge < -0.3 is 10.5 Å². The van der Waals surface area contributed by atoms with Crippen LogP contribution in [0.2, 0.25) is 0 Å². The molecule has 1 heterocycles. The predicted octanol–water partition coefficient (Wildman–Crippen LogP) is 0.836. The molecule has 78 valence electrons. The molecule has 0 bridgehead atoms. The number of nitrogens with two attached hydrogens (primary N) is 1. The third-order valence-electron chi connectivity index (χ3n) is 3.24. The van der Waals surface area contributed by atoms with Crippen molar-refractivity contribution in [3.63, 3.8) is 0 Å². The first kappa shape index (κ1) is 11.0. The molecule has 0 saturated carbocycles. The van der Waals surface area contributed by atoms with E-state index in [1.54, 1.807) is 0 Å². The molecule has 0 amide bonds. The van der Waals surface area contributed by atoms with Gasteiger partial charge in [-0.3, -0.25) is 4.90 Å². The Morgan fingerprint density at radius 1 is 1.23 bits per heavy atom. The third kappa shape index (κ3) is 2.22. The molecule has 3 heteroatoms. The van der Waals surface area contributed by atoms with Crippen LogP contribution in [0, 0.1) is 0 Å². The molecule has 1 aliphatic heterocycles. The van der Waals surface area contributed by atoms with Gasteiger partial charge in [0.25, 0.3) is 0 Å². The second kappa shape index (κ2) is 4.94. The van der Waals surface area contributed by atoms with E-state index in [9.17, 15) is 0 Å². The first-order valence-electron chi connectivity index (χ1n) is 5.32. The minimum absolute atomic E-state index is 0.224. The van der Waals surface area contributed by atoms with Crippen LogP contribution in [0.4, 0.5) is 0 Å². The summed E-state index contributed by atoms with van der Waals surface area (Å²) >= 11 is 0. The van der Waals surface area contributed by atoms with Gasteiger partial charge in [0.05, 0.1) is 0 Å². The van der Waals surface area contributed by atoms with Crippen molar-refractivity contribution in [1.29, 1.82) is 0 Å². The molecule has 0 radical (unpaired) electrons. The zero-order valence-electron chi connectivity index (χ0n) is 8.88. The van der Waals surface area contributed by atoms with Crippen molar-refractivity contribution in [2.75, 3.05) is 32.8 Å². The molecule has 3 nitrogen and oxygen atoms in total. The lowest BCUT2D eigenvalue weighted by Gasteiger charge is -2.45. The van der Waals surface area contributed by atoms with Crippen molar-refractivity contribution in [2.45, 2.75) is 32.2 Å². The van der Waals surface area contributed by atoms with Crippen LogP contribution < -0.4 is 5.73 Å². The van der Waals surface area contributed by atoms with E-state index >= 15 is 0 Å². The zero-order valence-corrected chi connectivity index (χ0v) is 8.88. The SMILES string of the molecule is CCN(CC)C1(CN)CCOCC1. The molecule has 0 spiro atoms. The highest BCUT2D eigenvalue weighted by molar-refractivity contribution is 4.92. The van der Waals surface area contributed by atoms with Crippen LogP contribution in [0.5, 0.6) is 0 Å². The maximum atomic E-state index is 5.89. The minimum Gasteiger partial charge on any atom is -0.381 e. The number of ether oxygens (including phenoxy) is 1. The van der Waals surface area contributed by atoms with E-state index in [1.807, 2.05) is 0 Å². The topological polar surface area (TPSA) is 38.5 Å². The summed E-state index contributed by atoms with van der Waals surface area (Å²) in [5.74, 6) is 0. The molecule has 0 atom stereocenters. The average molecular weight is 186 g/mol. The van der Waals surface area contributed by atoms with Gasteiger partial charge in [-0.25, -0.2) is 0 Å². The lowest BCUT2D eigenvalue weighted by atomic mass is 9.88. The summed E-state index contributed by atoms with van der Waals surface area (Å²) in [7, 11) is 0. The van der Waals surface area contributed by atoms with Crippen molar-refractivity contribution in [2.24, 2.45) is 5.73 Å². The fourth-order valence-corrected chi connectivity index (χ4v) is 2.30. The van der Waals surface area contributed by atoms with Crippen LogP contribution in [0.1, 0.15) is 26.7 Å². The summed E-state index contributed by atoms with van der Waals surface area (Å²) in [6.45, 7) is 9.09. The van der Waals surface area contributed by atoms with Crippen LogP contribution in [-0.2, 0) is 4.74 Å². The Labute approximate surface area is 81.2 Å². The average Bonchev–Trinajstić information content (AvgIpc) is 2.21. The van der Waals surface area contributed by atoms with Crippen molar-refractivity contribution in [3.8, 4) is 0 Å². The van der Waals surface area contributed by atoms with Crippen LogP contribution in [0.25, 0.3) is 0 Å². The maximum absolute atomic E-state index is 5.89. The first-order chi connectivity index (χ1) is 6.29. The van der Waals surface area contributed by atoms with Crippen LogP contribution >= 0.6 is 0 Å². The fourth-order valence-electron chi connectivity index (χ4n) is 2.30. The molecule has 0 aromatic heterocycles. The Bertz CT molecular complexity index is 140. The smallest absolute Gasteiger partial charge is 0.0484 e. The molecule has 1 rings (SSSR count). The normalized spacial score (nSPS) is 22.2. The van der Waals surface area contributed by atoms with E-state index in [1.165, 1.54) is 0 Å². The van der Waals surface area contributed by atoms with E-state index in [4.69, 9.17) is 10.5 Å². The molecular weight excluding hydrogens is 164 g/mol. The zero-order chi connectivity index (χ0) is 9.73.